The van der Waals surface area contributed by atoms with Crippen molar-refractivity contribution in [2.45, 2.75) is 25.7 Å². The number of hydrogen-bond donors (Lipinski definition) is 0. The Hall–Kier alpha value is -1.84. The molecule has 1 saturated heterocycles. The van der Waals surface area contributed by atoms with Gasteiger partial charge in [-0.1, -0.05) is 18.2 Å². The second-order valence-electron chi connectivity index (χ2n) is 5.78. The summed E-state index contributed by atoms with van der Waals surface area (Å²) < 4.78 is 0. The minimum absolute atomic E-state index is 0.0442. The second-order valence-corrected chi connectivity index (χ2v) is 5.78. The number of carbonyl (C=O) groups excluding carboxylic acids is 2. The van der Waals surface area contributed by atoms with Gasteiger partial charge in [0.15, 0.2) is 0 Å². The van der Waals surface area contributed by atoms with Gasteiger partial charge in [-0.05, 0) is 37.8 Å². The van der Waals surface area contributed by atoms with Crippen LogP contribution in [0.3, 0.4) is 0 Å². The molecule has 106 valence electrons. The van der Waals surface area contributed by atoms with Crippen molar-refractivity contribution in [2.24, 2.45) is 5.41 Å². The van der Waals surface area contributed by atoms with Gasteiger partial charge in [0.25, 0.3) is 0 Å². The van der Waals surface area contributed by atoms with Crippen molar-refractivity contribution in [1.82, 2.24) is 4.90 Å². The van der Waals surface area contributed by atoms with Crippen molar-refractivity contribution in [1.29, 1.82) is 0 Å². The van der Waals surface area contributed by atoms with Crippen molar-refractivity contribution in [2.75, 3.05) is 25.0 Å². The van der Waals surface area contributed by atoms with Crippen LogP contribution >= 0.6 is 0 Å². The lowest BCUT2D eigenvalue weighted by molar-refractivity contribution is -0.142. The fraction of sp³-hybridized carbons (Fsp3) is 0.500. The van der Waals surface area contributed by atoms with Crippen molar-refractivity contribution in [3.05, 3.63) is 30.3 Å². The zero-order valence-corrected chi connectivity index (χ0v) is 11.8. The molecule has 0 atom stereocenters. The van der Waals surface area contributed by atoms with Crippen molar-refractivity contribution < 1.29 is 9.59 Å². The largest absolute Gasteiger partial charge is 0.342 e. The average Bonchev–Trinajstić information content (AvgIpc) is 3.12. The molecule has 4 heteroatoms. The smallest absolute Gasteiger partial charge is 0.242 e. The summed E-state index contributed by atoms with van der Waals surface area (Å²) in [6.45, 7) is 1.62. The van der Waals surface area contributed by atoms with E-state index < -0.39 is 5.41 Å². The lowest BCUT2D eigenvalue weighted by Gasteiger charge is -2.26. The van der Waals surface area contributed by atoms with E-state index >= 15 is 0 Å². The van der Waals surface area contributed by atoms with E-state index in [1.54, 1.807) is 11.9 Å². The third-order valence-corrected chi connectivity index (χ3v) is 4.41. The topological polar surface area (TPSA) is 40.6 Å². The monoisotopic (exact) mass is 272 g/mol. The second kappa shape index (κ2) is 4.93. The van der Waals surface area contributed by atoms with Gasteiger partial charge in [0.1, 0.15) is 5.41 Å². The fourth-order valence-electron chi connectivity index (χ4n) is 2.96. The summed E-state index contributed by atoms with van der Waals surface area (Å²) >= 11 is 0. The molecule has 0 spiro atoms. The Morgan fingerprint density at radius 1 is 1.10 bits per heavy atom. The van der Waals surface area contributed by atoms with Crippen LogP contribution in [0.1, 0.15) is 25.7 Å². The van der Waals surface area contributed by atoms with E-state index in [0.29, 0.717) is 12.8 Å². The molecule has 0 radical (unpaired) electrons. The van der Waals surface area contributed by atoms with E-state index in [4.69, 9.17) is 0 Å². The molecule has 1 heterocycles. The molecule has 1 aliphatic heterocycles. The molecular formula is C16H20N2O2. The first kappa shape index (κ1) is 13.2. The highest BCUT2D eigenvalue weighted by Gasteiger charge is 2.59. The van der Waals surface area contributed by atoms with Gasteiger partial charge < -0.3 is 9.80 Å². The highest BCUT2D eigenvalue weighted by atomic mass is 16.2. The number of nitrogens with zero attached hydrogens (tertiary/aromatic N) is 2. The maximum atomic E-state index is 12.7. The van der Waals surface area contributed by atoms with Gasteiger partial charge >= 0.3 is 0 Å². The van der Waals surface area contributed by atoms with Crippen molar-refractivity contribution in [3.8, 4) is 0 Å². The summed E-state index contributed by atoms with van der Waals surface area (Å²) in [5.41, 5.74) is 0.0765. The molecular weight excluding hydrogens is 252 g/mol. The number of hydrogen-bond acceptors (Lipinski definition) is 2. The number of para-hydroxylation sites is 1. The number of likely N-dealkylation sites (tertiary alicyclic amines) is 1. The van der Waals surface area contributed by atoms with E-state index in [1.807, 2.05) is 35.2 Å². The number of anilines is 1. The third-order valence-electron chi connectivity index (χ3n) is 4.41. The quantitative estimate of drug-likeness (QED) is 0.790. The Morgan fingerprint density at radius 3 is 2.25 bits per heavy atom. The van der Waals surface area contributed by atoms with Crippen LogP contribution in [0.15, 0.2) is 30.3 Å². The SMILES string of the molecule is CN(C(=O)C1(C(=O)N2CCCC2)CC1)c1ccccc1. The molecule has 0 N–H and O–H groups in total. The van der Waals surface area contributed by atoms with E-state index in [1.165, 1.54) is 0 Å². The highest BCUT2D eigenvalue weighted by Crippen LogP contribution is 2.49. The average molecular weight is 272 g/mol. The standard InChI is InChI=1S/C16H20N2O2/c1-17(13-7-3-2-4-8-13)14(19)16(9-10-16)15(20)18-11-5-6-12-18/h2-4,7-8H,5-6,9-12H2,1H3. The fourth-order valence-corrected chi connectivity index (χ4v) is 2.96. The summed E-state index contributed by atoms with van der Waals surface area (Å²) in [6.07, 6.45) is 3.51. The Balaban J connectivity index is 1.77. The van der Waals surface area contributed by atoms with Gasteiger partial charge in [-0.2, -0.15) is 0 Å². The molecule has 1 aromatic rings. The normalized spacial score (nSPS) is 19.8. The van der Waals surface area contributed by atoms with Crippen LogP contribution in [-0.4, -0.2) is 36.9 Å². The van der Waals surface area contributed by atoms with Crippen molar-refractivity contribution >= 4 is 17.5 Å². The van der Waals surface area contributed by atoms with Crippen LogP contribution in [0, 0.1) is 5.41 Å². The summed E-state index contributed by atoms with van der Waals surface area (Å²) in [7, 11) is 1.76. The number of amides is 2. The van der Waals surface area contributed by atoms with Gasteiger partial charge in [0.05, 0.1) is 0 Å². The van der Waals surface area contributed by atoms with E-state index in [-0.39, 0.29) is 11.8 Å². The molecule has 1 aliphatic carbocycles. The maximum Gasteiger partial charge on any atom is 0.242 e. The molecule has 3 rings (SSSR count). The van der Waals surface area contributed by atoms with Crippen LogP contribution in [0.4, 0.5) is 5.69 Å². The number of rotatable bonds is 3. The van der Waals surface area contributed by atoms with E-state index in [2.05, 4.69) is 0 Å². The Bertz CT molecular complexity index is 517. The highest BCUT2D eigenvalue weighted by molar-refractivity contribution is 6.13. The molecule has 20 heavy (non-hydrogen) atoms. The Morgan fingerprint density at radius 2 is 1.70 bits per heavy atom. The Labute approximate surface area is 119 Å². The molecule has 0 bridgehead atoms. The zero-order valence-electron chi connectivity index (χ0n) is 11.8. The molecule has 0 unspecified atom stereocenters. The molecule has 4 nitrogen and oxygen atoms in total. The first-order chi connectivity index (χ1) is 9.65. The van der Waals surface area contributed by atoms with Crippen LogP contribution in [0.2, 0.25) is 0 Å². The predicted molar refractivity (Wildman–Crippen MR) is 77.3 cm³/mol. The van der Waals surface area contributed by atoms with Gasteiger partial charge in [-0.15, -0.1) is 0 Å². The molecule has 1 saturated carbocycles. The van der Waals surface area contributed by atoms with E-state index in [0.717, 1.165) is 31.6 Å². The van der Waals surface area contributed by atoms with Crippen LogP contribution in [0.5, 0.6) is 0 Å². The minimum Gasteiger partial charge on any atom is -0.342 e. The van der Waals surface area contributed by atoms with Gasteiger partial charge in [0.2, 0.25) is 11.8 Å². The summed E-state index contributed by atoms with van der Waals surface area (Å²) in [4.78, 5) is 28.8. The maximum absolute atomic E-state index is 12.7. The molecule has 1 aromatic carbocycles. The molecule has 0 aromatic heterocycles. The summed E-state index contributed by atoms with van der Waals surface area (Å²) in [5.74, 6) is -0.0108. The zero-order chi connectivity index (χ0) is 14.2. The van der Waals surface area contributed by atoms with Gasteiger partial charge in [0, 0.05) is 25.8 Å². The number of benzene rings is 1. The van der Waals surface area contributed by atoms with Crippen LogP contribution in [0.25, 0.3) is 0 Å². The minimum atomic E-state index is -0.769. The third kappa shape index (κ3) is 2.09. The van der Waals surface area contributed by atoms with Gasteiger partial charge in [-0.3, -0.25) is 9.59 Å². The van der Waals surface area contributed by atoms with E-state index in [9.17, 15) is 9.59 Å². The van der Waals surface area contributed by atoms with Crippen molar-refractivity contribution in [3.63, 3.8) is 0 Å². The molecule has 2 amide bonds. The van der Waals surface area contributed by atoms with Crippen LogP contribution < -0.4 is 4.90 Å². The first-order valence-corrected chi connectivity index (χ1v) is 7.28. The molecule has 2 aliphatic rings. The lowest BCUT2D eigenvalue weighted by atomic mass is 10.0. The number of carbonyl (C=O) groups is 2. The first-order valence-electron chi connectivity index (χ1n) is 7.28. The predicted octanol–water partition coefficient (Wildman–Crippen LogP) is 2.05. The Kier molecular flexibility index (Phi) is 3.24. The summed E-state index contributed by atoms with van der Waals surface area (Å²) in [5, 5.41) is 0. The molecule has 2 fully saturated rings. The lowest BCUT2D eigenvalue weighted by Crippen LogP contribution is -2.45. The van der Waals surface area contributed by atoms with Crippen LogP contribution in [-0.2, 0) is 9.59 Å². The van der Waals surface area contributed by atoms with Gasteiger partial charge in [-0.25, -0.2) is 0 Å². The summed E-state index contributed by atoms with van der Waals surface area (Å²) in [6, 6.07) is 9.52.